The third-order valence-corrected chi connectivity index (χ3v) is 10.6. The lowest BCUT2D eigenvalue weighted by Gasteiger charge is -2.55. The van der Waals surface area contributed by atoms with E-state index in [9.17, 15) is 14.7 Å². The number of hydrogen-bond acceptors (Lipinski definition) is 4. The van der Waals surface area contributed by atoms with Gasteiger partial charge in [0, 0.05) is 24.0 Å². The van der Waals surface area contributed by atoms with Gasteiger partial charge in [-0.2, -0.15) is 0 Å². The van der Waals surface area contributed by atoms with E-state index >= 15 is 0 Å². The van der Waals surface area contributed by atoms with Gasteiger partial charge in [-0.25, -0.2) is 0 Å². The summed E-state index contributed by atoms with van der Waals surface area (Å²) in [5.41, 5.74) is -0.425. The molecule has 33 heavy (non-hydrogen) atoms. The molecular weight excluding hydrogens is 414 g/mol. The first-order valence-electron chi connectivity index (χ1n) is 13.9. The Bertz CT molecular complexity index is 727. The van der Waals surface area contributed by atoms with Crippen molar-refractivity contribution in [3.05, 3.63) is 0 Å². The van der Waals surface area contributed by atoms with Crippen molar-refractivity contribution >= 4 is 11.8 Å². The second-order valence-corrected chi connectivity index (χ2v) is 13.0. The summed E-state index contributed by atoms with van der Waals surface area (Å²) in [6, 6.07) is 0.925. The van der Waals surface area contributed by atoms with Crippen LogP contribution in [0.3, 0.4) is 0 Å². The van der Waals surface area contributed by atoms with Gasteiger partial charge >= 0.3 is 0 Å². The Morgan fingerprint density at radius 3 is 2.00 bits per heavy atom. The number of piperidine rings is 1. The molecule has 2 aliphatic heterocycles. The largest absolute Gasteiger partial charge is 0.394 e. The van der Waals surface area contributed by atoms with Crippen LogP contribution in [0.25, 0.3) is 0 Å². The summed E-state index contributed by atoms with van der Waals surface area (Å²) in [5, 5.41) is 16.4. The number of carbonyl (C=O) groups is 2. The molecule has 2 amide bonds. The van der Waals surface area contributed by atoms with Gasteiger partial charge in [0.15, 0.2) is 0 Å². The maximum absolute atomic E-state index is 13.4. The van der Waals surface area contributed by atoms with E-state index in [4.69, 9.17) is 0 Å². The van der Waals surface area contributed by atoms with Crippen LogP contribution in [0.5, 0.6) is 0 Å². The molecule has 0 aromatic carbocycles. The number of fused-ring (bicyclic) bond motifs is 2. The monoisotopic (exact) mass is 457 g/mol. The Hall–Kier alpha value is -1.14. The summed E-state index contributed by atoms with van der Waals surface area (Å²) in [5.74, 6) is 3.40. The van der Waals surface area contributed by atoms with E-state index < -0.39 is 0 Å². The van der Waals surface area contributed by atoms with Crippen LogP contribution in [0.4, 0.5) is 0 Å². The summed E-state index contributed by atoms with van der Waals surface area (Å²) < 4.78 is 0. The van der Waals surface area contributed by atoms with Gasteiger partial charge < -0.3 is 15.7 Å². The zero-order valence-corrected chi connectivity index (χ0v) is 20.2. The van der Waals surface area contributed by atoms with Gasteiger partial charge in [-0.15, -0.1) is 0 Å². The van der Waals surface area contributed by atoms with Gasteiger partial charge in [-0.1, -0.05) is 12.8 Å². The third kappa shape index (κ3) is 4.13. The lowest BCUT2D eigenvalue weighted by molar-refractivity contribution is -0.146. The first-order valence-corrected chi connectivity index (χ1v) is 13.9. The van der Waals surface area contributed by atoms with Gasteiger partial charge in [0.25, 0.3) is 0 Å². The average molecular weight is 458 g/mol. The highest BCUT2D eigenvalue weighted by atomic mass is 16.3. The number of aliphatic hydroxyl groups is 1. The number of carbonyl (C=O) groups excluding carboxylic acids is 2. The molecule has 6 bridgehead atoms. The molecule has 0 spiro atoms. The highest BCUT2D eigenvalue weighted by Crippen LogP contribution is 2.60. The number of rotatable bonds is 7. The Labute approximate surface area is 198 Å². The number of nitrogens with one attached hydrogen (secondary N) is 2. The van der Waals surface area contributed by atoms with Crippen LogP contribution in [0, 0.1) is 29.1 Å². The summed E-state index contributed by atoms with van der Waals surface area (Å²) >= 11 is 0. The van der Waals surface area contributed by atoms with Crippen LogP contribution in [0.15, 0.2) is 0 Å². The number of nitrogens with zero attached hydrogens (tertiary/aromatic N) is 1. The number of aliphatic hydroxyl groups excluding tert-OH is 1. The first kappa shape index (κ1) is 22.3. The van der Waals surface area contributed by atoms with E-state index in [1.54, 1.807) is 0 Å². The first-order chi connectivity index (χ1) is 16.0. The van der Waals surface area contributed by atoms with Crippen molar-refractivity contribution in [2.24, 2.45) is 29.1 Å². The van der Waals surface area contributed by atoms with Gasteiger partial charge in [-0.3, -0.25) is 14.5 Å². The van der Waals surface area contributed by atoms with Gasteiger partial charge in [0.1, 0.15) is 0 Å². The maximum atomic E-state index is 13.4. The van der Waals surface area contributed by atoms with Crippen molar-refractivity contribution in [3.63, 3.8) is 0 Å². The zero-order chi connectivity index (χ0) is 22.6. The molecule has 2 saturated heterocycles. The second kappa shape index (κ2) is 8.51. The number of hydrogen-bond donors (Lipinski definition) is 3. The summed E-state index contributed by atoms with van der Waals surface area (Å²) in [7, 11) is 0. The lowest BCUT2D eigenvalue weighted by atomic mass is 9.49. The van der Waals surface area contributed by atoms with Crippen molar-refractivity contribution in [1.29, 1.82) is 0 Å². The summed E-state index contributed by atoms with van der Waals surface area (Å²) in [4.78, 5) is 28.6. The molecule has 0 radical (unpaired) electrons. The van der Waals surface area contributed by atoms with Crippen LogP contribution in [-0.2, 0) is 9.59 Å². The van der Waals surface area contributed by atoms with Crippen LogP contribution >= 0.6 is 0 Å². The molecule has 1 unspecified atom stereocenters. The zero-order valence-electron chi connectivity index (χ0n) is 20.2. The maximum Gasteiger partial charge on any atom is 0.234 e. The molecule has 6 nitrogen and oxygen atoms in total. The Morgan fingerprint density at radius 1 is 0.879 bits per heavy atom. The molecule has 7 fully saturated rings. The molecule has 6 heteroatoms. The molecule has 3 atom stereocenters. The second-order valence-electron chi connectivity index (χ2n) is 13.0. The molecule has 0 aromatic heterocycles. The molecular formula is C27H43N3O3. The topological polar surface area (TPSA) is 81.7 Å². The van der Waals surface area contributed by atoms with Crippen LogP contribution < -0.4 is 10.6 Å². The third-order valence-electron chi connectivity index (χ3n) is 10.6. The normalized spacial score (nSPS) is 43.1. The number of amides is 2. The minimum atomic E-state index is -0.379. The van der Waals surface area contributed by atoms with Gasteiger partial charge in [-0.05, 0) is 101 Å². The predicted molar refractivity (Wildman–Crippen MR) is 126 cm³/mol. The molecule has 5 saturated carbocycles. The quantitative estimate of drug-likeness (QED) is 0.549. The predicted octanol–water partition coefficient (Wildman–Crippen LogP) is 2.98. The molecule has 5 aliphatic carbocycles. The van der Waals surface area contributed by atoms with Crippen molar-refractivity contribution < 1.29 is 14.7 Å². The molecule has 2 heterocycles. The van der Waals surface area contributed by atoms with E-state index in [-0.39, 0.29) is 23.5 Å². The van der Waals surface area contributed by atoms with E-state index in [2.05, 4.69) is 15.5 Å². The van der Waals surface area contributed by atoms with Crippen molar-refractivity contribution in [2.45, 2.75) is 108 Å². The van der Waals surface area contributed by atoms with Gasteiger partial charge in [0.2, 0.25) is 11.8 Å². The highest BCUT2D eigenvalue weighted by molar-refractivity contribution is 5.83. The van der Waals surface area contributed by atoms with E-state index in [0.29, 0.717) is 30.5 Å². The molecule has 7 aliphatic rings. The minimum Gasteiger partial charge on any atom is -0.394 e. The van der Waals surface area contributed by atoms with Gasteiger partial charge in [0.05, 0.1) is 18.7 Å². The Kier molecular flexibility index (Phi) is 5.76. The smallest absolute Gasteiger partial charge is 0.234 e. The fourth-order valence-corrected chi connectivity index (χ4v) is 9.50. The average Bonchev–Trinajstić information content (AvgIpc) is 3.32. The SMILES string of the molecule is O=C(CN1[C@@H]2CC[C@H]1CC(CNC(=O)C13CC4CC(CC(C4)C1)C3)C2)NC1(CO)CCCC1. The lowest BCUT2D eigenvalue weighted by Crippen LogP contribution is -2.56. The summed E-state index contributed by atoms with van der Waals surface area (Å²) in [6.45, 7) is 1.34. The van der Waals surface area contributed by atoms with Crippen molar-refractivity contribution in [3.8, 4) is 0 Å². The Balaban J connectivity index is 1.01. The molecule has 184 valence electrons. The van der Waals surface area contributed by atoms with E-state index in [1.165, 1.54) is 32.1 Å². The Morgan fingerprint density at radius 2 is 1.45 bits per heavy atom. The summed E-state index contributed by atoms with van der Waals surface area (Å²) in [6.07, 6.45) is 16.0. The van der Waals surface area contributed by atoms with Crippen LogP contribution in [0.2, 0.25) is 0 Å². The minimum absolute atomic E-state index is 0.0462. The fraction of sp³-hybridized carbons (Fsp3) is 0.926. The standard InChI is InChI=1S/C27H43N3O3/c31-17-27(5-1-2-6-27)29-24(32)16-30-22-3-4-23(30)11-21(10-22)15-28-25(33)26-12-18-7-19(13-26)9-20(8-18)14-26/h18-23,31H,1-17H2,(H,28,33)(H,29,32)/t18?,19?,20?,21?,22-,23+,26?. The fourth-order valence-electron chi connectivity index (χ4n) is 9.50. The van der Waals surface area contributed by atoms with Crippen molar-refractivity contribution in [2.75, 3.05) is 19.7 Å². The van der Waals surface area contributed by atoms with E-state index in [1.807, 2.05) is 0 Å². The molecule has 7 rings (SSSR count). The van der Waals surface area contributed by atoms with E-state index in [0.717, 1.165) is 82.1 Å². The molecule has 0 aromatic rings. The highest BCUT2D eigenvalue weighted by Gasteiger charge is 2.54. The molecule has 3 N–H and O–H groups in total. The van der Waals surface area contributed by atoms with Crippen molar-refractivity contribution in [1.82, 2.24) is 15.5 Å². The van der Waals surface area contributed by atoms with Crippen LogP contribution in [-0.4, -0.2) is 59.1 Å². The van der Waals surface area contributed by atoms with Crippen LogP contribution in [0.1, 0.15) is 89.9 Å².